The summed E-state index contributed by atoms with van der Waals surface area (Å²) in [6.07, 6.45) is 6.19. The predicted molar refractivity (Wildman–Crippen MR) is 63.6 cm³/mol. The van der Waals surface area contributed by atoms with Gasteiger partial charge in [0.2, 0.25) is 5.91 Å². The van der Waals surface area contributed by atoms with Crippen molar-refractivity contribution in [2.24, 2.45) is 11.3 Å². The van der Waals surface area contributed by atoms with Crippen LogP contribution in [0.25, 0.3) is 0 Å². The van der Waals surface area contributed by atoms with Gasteiger partial charge in [-0.25, -0.2) is 0 Å². The van der Waals surface area contributed by atoms with Gasteiger partial charge in [-0.1, -0.05) is 26.7 Å². The molecule has 0 spiro atoms. The Morgan fingerprint density at radius 1 is 1.38 bits per heavy atom. The SMILES string of the molecule is CCC(C#N)(CC)C(=O)NCC1CCCC1. The maximum Gasteiger partial charge on any atom is 0.240 e. The molecule has 0 aromatic rings. The van der Waals surface area contributed by atoms with Gasteiger partial charge in [0.15, 0.2) is 0 Å². The van der Waals surface area contributed by atoms with Gasteiger partial charge in [-0.15, -0.1) is 0 Å². The minimum atomic E-state index is -0.807. The summed E-state index contributed by atoms with van der Waals surface area (Å²) >= 11 is 0. The van der Waals surface area contributed by atoms with Gasteiger partial charge >= 0.3 is 0 Å². The van der Waals surface area contributed by atoms with Gasteiger partial charge in [-0.2, -0.15) is 5.26 Å². The van der Waals surface area contributed by atoms with E-state index in [1.807, 2.05) is 13.8 Å². The van der Waals surface area contributed by atoms with E-state index in [-0.39, 0.29) is 5.91 Å². The van der Waals surface area contributed by atoms with Crippen LogP contribution in [0.4, 0.5) is 0 Å². The molecule has 0 aromatic heterocycles. The number of carbonyl (C=O) groups is 1. The molecule has 0 aliphatic heterocycles. The molecule has 0 radical (unpaired) electrons. The van der Waals surface area contributed by atoms with Crippen molar-refractivity contribution in [1.29, 1.82) is 5.26 Å². The van der Waals surface area contributed by atoms with E-state index in [1.165, 1.54) is 25.7 Å². The summed E-state index contributed by atoms with van der Waals surface area (Å²) in [6, 6.07) is 2.18. The van der Waals surface area contributed by atoms with E-state index >= 15 is 0 Å². The predicted octanol–water partition coefficient (Wildman–Crippen LogP) is 2.62. The van der Waals surface area contributed by atoms with Crippen LogP contribution >= 0.6 is 0 Å². The second-order valence-electron chi connectivity index (χ2n) is 4.76. The Morgan fingerprint density at radius 2 is 1.94 bits per heavy atom. The van der Waals surface area contributed by atoms with E-state index in [0.29, 0.717) is 18.8 Å². The van der Waals surface area contributed by atoms with Gasteiger partial charge in [0.25, 0.3) is 0 Å². The molecule has 0 unspecified atom stereocenters. The minimum Gasteiger partial charge on any atom is -0.354 e. The Bertz CT molecular complexity index is 270. The Kier molecular flexibility index (Phi) is 4.79. The van der Waals surface area contributed by atoms with Crippen molar-refractivity contribution in [1.82, 2.24) is 5.32 Å². The molecule has 3 nitrogen and oxygen atoms in total. The summed E-state index contributed by atoms with van der Waals surface area (Å²) in [4.78, 5) is 12.0. The van der Waals surface area contributed by atoms with Gasteiger partial charge in [0, 0.05) is 6.54 Å². The van der Waals surface area contributed by atoms with Gasteiger partial charge in [-0.05, 0) is 31.6 Å². The molecule has 0 saturated heterocycles. The van der Waals surface area contributed by atoms with Gasteiger partial charge in [0.1, 0.15) is 5.41 Å². The van der Waals surface area contributed by atoms with E-state index in [0.717, 1.165) is 6.54 Å². The van der Waals surface area contributed by atoms with Crippen LogP contribution < -0.4 is 5.32 Å². The fourth-order valence-corrected chi connectivity index (χ4v) is 2.40. The number of nitrogens with zero attached hydrogens (tertiary/aromatic N) is 1. The van der Waals surface area contributed by atoms with Gasteiger partial charge < -0.3 is 5.32 Å². The molecule has 1 N–H and O–H groups in total. The molecule has 0 aromatic carbocycles. The first-order chi connectivity index (χ1) is 7.68. The smallest absolute Gasteiger partial charge is 0.240 e. The third-order valence-corrected chi connectivity index (χ3v) is 3.88. The summed E-state index contributed by atoms with van der Waals surface area (Å²) in [5, 5.41) is 12.1. The Morgan fingerprint density at radius 3 is 2.38 bits per heavy atom. The molecule has 0 heterocycles. The highest BCUT2D eigenvalue weighted by molar-refractivity contribution is 5.85. The van der Waals surface area contributed by atoms with Crippen LogP contribution in [-0.2, 0) is 4.79 Å². The maximum absolute atomic E-state index is 12.0. The molecule has 1 saturated carbocycles. The molecule has 0 bridgehead atoms. The van der Waals surface area contributed by atoms with E-state index in [1.54, 1.807) is 0 Å². The highest BCUT2D eigenvalue weighted by atomic mass is 16.2. The fraction of sp³-hybridized carbons (Fsp3) is 0.846. The van der Waals surface area contributed by atoms with E-state index in [9.17, 15) is 4.79 Å². The number of amides is 1. The van der Waals surface area contributed by atoms with Gasteiger partial charge in [0.05, 0.1) is 6.07 Å². The molecular weight excluding hydrogens is 200 g/mol. The Balaban J connectivity index is 2.46. The zero-order valence-corrected chi connectivity index (χ0v) is 10.4. The summed E-state index contributed by atoms with van der Waals surface area (Å²) in [6.45, 7) is 4.56. The van der Waals surface area contributed by atoms with E-state index in [4.69, 9.17) is 5.26 Å². The molecular formula is C13H22N2O. The zero-order valence-electron chi connectivity index (χ0n) is 10.4. The highest BCUT2D eigenvalue weighted by Crippen LogP contribution is 2.27. The highest BCUT2D eigenvalue weighted by Gasteiger charge is 2.35. The summed E-state index contributed by atoms with van der Waals surface area (Å²) < 4.78 is 0. The second kappa shape index (κ2) is 5.89. The van der Waals surface area contributed by atoms with E-state index < -0.39 is 5.41 Å². The van der Waals surface area contributed by atoms with Crippen LogP contribution in [0.3, 0.4) is 0 Å². The number of nitrogens with one attached hydrogen (secondary N) is 1. The standard InChI is InChI=1S/C13H22N2O/c1-3-13(4-2,10-14)12(16)15-9-11-7-5-6-8-11/h11H,3-9H2,1-2H3,(H,15,16). The van der Waals surface area contributed by atoms with Crippen LogP contribution in [0, 0.1) is 22.7 Å². The summed E-state index contributed by atoms with van der Waals surface area (Å²) in [5.74, 6) is 0.556. The van der Waals surface area contributed by atoms with Crippen LogP contribution in [-0.4, -0.2) is 12.5 Å². The first kappa shape index (κ1) is 13.0. The lowest BCUT2D eigenvalue weighted by Crippen LogP contribution is -2.41. The van der Waals surface area contributed by atoms with Crippen LogP contribution in [0.15, 0.2) is 0 Å². The quantitative estimate of drug-likeness (QED) is 0.777. The zero-order chi connectivity index (χ0) is 12.0. The first-order valence-corrected chi connectivity index (χ1v) is 6.38. The van der Waals surface area contributed by atoms with Crippen molar-refractivity contribution in [2.75, 3.05) is 6.54 Å². The summed E-state index contributed by atoms with van der Waals surface area (Å²) in [5.41, 5.74) is -0.807. The fourth-order valence-electron chi connectivity index (χ4n) is 2.40. The summed E-state index contributed by atoms with van der Waals surface area (Å²) in [7, 11) is 0. The largest absolute Gasteiger partial charge is 0.354 e. The lowest BCUT2D eigenvalue weighted by Gasteiger charge is -2.23. The van der Waals surface area contributed by atoms with Crippen molar-refractivity contribution in [3.05, 3.63) is 0 Å². The molecule has 1 rings (SSSR count). The second-order valence-corrected chi connectivity index (χ2v) is 4.76. The molecule has 1 fully saturated rings. The molecule has 1 aliphatic rings. The third kappa shape index (κ3) is 2.75. The topological polar surface area (TPSA) is 52.9 Å². The van der Waals surface area contributed by atoms with Crippen molar-refractivity contribution < 1.29 is 4.79 Å². The minimum absolute atomic E-state index is 0.0769. The number of nitriles is 1. The van der Waals surface area contributed by atoms with Gasteiger partial charge in [-0.3, -0.25) is 4.79 Å². The average Bonchev–Trinajstić information content (AvgIpc) is 2.82. The monoisotopic (exact) mass is 222 g/mol. The average molecular weight is 222 g/mol. The normalized spacial score (nSPS) is 17.1. The Hall–Kier alpha value is -1.04. The molecule has 16 heavy (non-hydrogen) atoms. The van der Waals surface area contributed by atoms with Crippen molar-refractivity contribution >= 4 is 5.91 Å². The lowest BCUT2D eigenvalue weighted by atomic mass is 9.83. The number of rotatable bonds is 5. The van der Waals surface area contributed by atoms with Crippen molar-refractivity contribution in [2.45, 2.75) is 52.4 Å². The van der Waals surface area contributed by atoms with Crippen molar-refractivity contribution in [3.8, 4) is 6.07 Å². The third-order valence-electron chi connectivity index (χ3n) is 3.88. The Labute approximate surface area is 98.2 Å². The maximum atomic E-state index is 12.0. The molecule has 0 atom stereocenters. The lowest BCUT2D eigenvalue weighted by molar-refractivity contribution is -0.128. The molecule has 1 amide bonds. The van der Waals surface area contributed by atoms with Crippen LogP contribution in [0.1, 0.15) is 52.4 Å². The molecule has 3 heteroatoms. The first-order valence-electron chi connectivity index (χ1n) is 6.38. The number of hydrogen-bond donors (Lipinski definition) is 1. The number of hydrogen-bond acceptors (Lipinski definition) is 2. The number of carbonyl (C=O) groups excluding carboxylic acids is 1. The molecule has 90 valence electrons. The van der Waals surface area contributed by atoms with Crippen LogP contribution in [0.5, 0.6) is 0 Å². The van der Waals surface area contributed by atoms with Crippen molar-refractivity contribution in [3.63, 3.8) is 0 Å². The van der Waals surface area contributed by atoms with E-state index in [2.05, 4.69) is 11.4 Å². The van der Waals surface area contributed by atoms with Crippen LogP contribution in [0.2, 0.25) is 0 Å². The molecule has 1 aliphatic carbocycles.